The van der Waals surface area contributed by atoms with Crippen LogP contribution in [-0.4, -0.2) is 20.7 Å². The molecule has 23 heavy (non-hydrogen) atoms. The third-order valence-corrected chi connectivity index (χ3v) is 3.32. The van der Waals surface area contributed by atoms with Crippen molar-refractivity contribution in [3.05, 3.63) is 66.7 Å². The number of nitrogens with zero attached hydrogens (tertiary/aromatic N) is 4. The summed E-state index contributed by atoms with van der Waals surface area (Å²) in [7, 11) is 0. The summed E-state index contributed by atoms with van der Waals surface area (Å²) < 4.78 is 1.40. The average Bonchev–Trinajstić information content (AvgIpc) is 3.03. The summed E-state index contributed by atoms with van der Waals surface area (Å²) in [6, 6.07) is 19.3. The molecular formula is C17H13N5O. The van der Waals surface area contributed by atoms with E-state index in [-0.39, 0.29) is 18.3 Å². The van der Waals surface area contributed by atoms with E-state index in [2.05, 4.69) is 15.5 Å². The molecule has 1 N–H and O–H groups in total. The molecule has 0 saturated carbocycles. The first-order valence-electron chi connectivity index (χ1n) is 7.00. The molecule has 2 aromatic carbocycles. The molecule has 0 atom stereocenters. The van der Waals surface area contributed by atoms with Crippen molar-refractivity contribution in [3.8, 4) is 17.2 Å². The second kappa shape index (κ2) is 6.54. The molecule has 0 fully saturated rings. The van der Waals surface area contributed by atoms with Crippen LogP contribution in [0.2, 0.25) is 0 Å². The lowest BCUT2D eigenvalue weighted by molar-refractivity contribution is -0.116. The predicted octanol–water partition coefficient (Wildman–Crippen LogP) is 2.46. The highest BCUT2D eigenvalue weighted by Gasteiger charge is 2.11. The van der Waals surface area contributed by atoms with Crippen molar-refractivity contribution < 1.29 is 4.79 Å². The van der Waals surface area contributed by atoms with Gasteiger partial charge in [-0.15, -0.1) is 10.2 Å². The van der Waals surface area contributed by atoms with Gasteiger partial charge in [-0.3, -0.25) is 9.36 Å². The van der Waals surface area contributed by atoms with Gasteiger partial charge in [0.25, 0.3) is 0 Å². The summed E-state index contributed by atoms with van der Waals surface area (Å²) >= 11 is 0. The Hall–Kier alpha value is -3.46. The van der Waals surface area contributed by atoms with Gasteiger partial charge in [-0.1, -0.05) is 48.5 Å². The molecule has 0 aliphatic heterocycles. The van der Waals surface area contributed by atoms with Gasteiger partial charge in [0.1, 0.15) is 18.9 Å². The standard InChI is InChI=1S/C17H13N5O/c18-10-16-21-19-12-22(16)11-17(23)20-15-9-5-4-8-14(15)13-6-2-1-3-7-13/h1-9,12H,11H2,(H,20,23). The van der Waals surface area contributed by atoms with Crippen molar-refractivity contribution in [3.63, 3.8) is 0 Å². The molecule has 1 heterocycles. The van der Waals surface area contributed by atoms with Crippen LogP contribution in [0.25, 0.3) is 11.1 Å². The lowest BCUT2D eigenvalue weighted by atomic mass is 10.0. The van der Waals surface area contributed by atoms with Crippen molar-refractivity contribution in [1.29, 1.82) is 5.26 Å². The van der Waals surface area contributed by atoms with Gasteiger partial charge in [0, 0.05) is 11.3 Å². The fourth-order valence-corrected chi connectivity index (χ4v) is 2.26. The Bertz CT molecular complexity index is 864. The monoisotopic (exact) mass is 303 g/mol. The van der Waals surface area contributed by atoms with Gasteiger partial charge in [0.15, 0.2) is 0 Å². The Kier molecular flexibility index (Phi) is 4.11. The molecular weight excluding hydrogens is 290 g/mol. The molecule has 0 aliphatic rings. The second-order valence-electron chi connectivity index (χ2n) is 4.85. The maximum absolute atomic E-state index is 12.2. The Balaban J connectivity index is 1.81. The molecule has 0 spiro atoms. The first kappa shape index (κ1) is 14.5. The molecule has 3 rings (SSSR count). The third-order valence-electron chi connectivity index (χ3n) is 3.32. The number of nitrogens with one attached hydrogen (secondary N) is 1. The second-order valence-corrected chi connectivity index (χ2v) is 4.85. The molecule has 0 aliphatic carbocycles. The smallest absolute Gasteiger partial charge is 0.244 e. The van der Waals surface area contributed by atoms with Gasteiger partial charge in [-0.25, -0.2) is 0 Å². The van der Waals surface area contributed by atoms with E-state index in [1.54, 1.807) is 0 Å². The molecule has 0 bridgehead atoms. The van der Waals surface area contributed by atoms with Crippen LogP contribution in [0.3, 0.4) is 0 Å². The van der Waals surface area contributed by atoms with E-state index < -0.39 is 0 Å². The quantitative estimate of drug-likeness (QED) is 0.802. The fourth-order valence-electron chi connectivity index (χ4n) is 2.26. The number of amides is 1. The number of anilines is 1. The van der Waals surface area contributed by atoms with Crippen molar-refractivity contribution in [1.82, 2.24) is 14.8 Å². The highest BCUT2D eigenvalue weighted by atomic mass is 16.1. The molecule has 0 unspecified atom stereocenters. The zero-order valence-electron chi connectivity index (χ0n) is 12.2. The van der Waals surface area contributed by atoms with Crippen LogP contribution in [0.5, 0.6) is 0 Å². The Labute approximate surface area is 133 Å². The summed E-state index contributed by atoms with van der Waals surface area (Å²) in [5.41, 5.74) is 2.67. The number of carbonyl (C=O) groups is 1. The van der Waals surface area contributed by atoms with Crippen molar-refractivity contribution >= 4 is 11.6 Å². The summed E-state index contributed by atoms with van der Waals surface area (Å²) in [6.45, 7) is -0.0149. The number of benzene rings is 2. The van der Waals surface area contributed by atoms with Gasteiger partial charge in [0.2, 0.25) is 11.7 Å². The molecule has 1 aromatic heterocycles. The van der Waals surface area contributed by atoms with Gasteiger partial charge < -0.3 is 5.32 Å². The average molecular weight is 303 g/mol. The number of hydrogen-bond acceptors (Lipinski definition) is 4. The Morgan fingerprint density at radius 3 is 2.65 bits per heavy atom. The van der Waals surface area contributed by atoms with Crippen molar-refractivity contribution in [2.75, 3.05) is 5.32 Å². The Morgan fingerprint density at radius 1 is 1.13 bits per heavy atom. The predicted molar refractivity (Wildman–Crippen MR) is 85.2 cm³/mol. The maximum atomic E-state index is 12.2. The number of nitriles is 1. The minimum Gasteiger partial charge on any atom is -0.324 e. The minimum atomic E-state index is -0.246. The Morgan fingerprint density at radius 2 is 1.87 bits per heavy atom. The van der Waals surface area contributed by atoms with E-state index >= 15 is 0 Å². The summed E-state index contributed by atoms with van der Waals surface area (Å²) in [5.74, 6) is -0.138. The molecule has 112 valence electrons. The van der Waals surface area contributed by atoms with E-state index in [0.717, 1.165) is 16.8 Å². The number of para-hydroxylation sites is 1. The first-order valence-corrected chi connectivity index (χ1v) is 7.00. The van der Waals surface area contributed by atoms with E-state index in [9.17, 15) is 4.79 Å². The van der Waals surface area contributed by atoms with Crippen LogP contribution in [0, 0.1) is 11.3 Å². The number of rotatable bonds is 4. The summed E-state index contributed by atoms with van der Waals surface area (Å²) in [6.07, 6.45) is 1.36. The third kappa shape index (κ3) is 3.24. The number of aromatic nitrogens is 3. The van der Waals surface area contributed by atoms with Gasteiger partial charge in [0.05, 0.1) is 0 Å². The highest BCUT2D eigenvalue weighted by Crippen LogP contribution is 2.27. The van der Waals surface area contributed by atoms with Crippen LogP contribution < -0.4 is 5.32 Å². The normalized spacial score (nSPS) is 10.0. The topological polar surface area (TPSA) is 83.6 Å². The van der Waals surface area contributed by atoms with Crippen LogP contribution in [0.1, 0.15) is 5.82 Å². The fraction of sp³-hybridized carbons (Fsp3) is 0.0588. The minimum absolute atomic E-state index is 0.0149. The molecule has 0 saturated heterocycles. The van der Waals surface area contributed by atoms with Crippen molar-refractivity contribution in [2.24, 2.45) is 0 Å². The number of hydrogen-bond donors (Lipinski definition) is 1. The first-order chi connectivity index (χ1) is 11.3. The number of carbonyl (C=O) groups excluding carboxylic acids is 1. The molecule has 3 aromatic rings. The largest absolute Gasteiger partial charge is 0.324 e. The maximum Gasteiger partial charge on any atom is 0.244 e. The van der Waals surface area contributed by atoms with Gasteiger partial charge >= 0.3 is 0 Å². The lowest BCUT2D eigenvalue weighted by Crippen LogP contribution is -2.19. The van der Waals surface area contributed by atoms with Crippen LogP contribution in [0.4, 0.5) is 5.69 Å². The molecule has 1 amide bonds. The zero-order chi connectivity index (χ0) is 16.1. The molecule has 6 heteroatoms. The molecule has 0 radical (unpaired) electrons. The summed E-state index contributed by atoms with van der Waals surface area (Å²) in [4.78, 5) is 12.2. The lowest BCUT2D eigenvalue weighted by Gasteiger charge is -2.11. The van der Waals surface area contributed by atoms with Crippen LogP contribution in [0.15, 0.2) is 60.9 Å². The van der Waals surface area contributed by atoms with Gasteiger partial charge in [-0.05, 0) is 11.6 Å². The van der Waals surface area contributed by atoms with Crippen LogP contribution in [-0.2, 0) is 11.3 Å². The summed E-state index contributed by atoms with van der Waals surface area (Å²) in [5, 5.41) is 19.0. The van der Waals surface area contributed by atoms with Gasteiger partial charge in [-0.2, -0.15) is 5.26 Å². The van der Waals surface area contributed by atoms with Crippen LogP contribution >= 0.6 is 0 Å². The molecule has 6 nitrogen and oxygen atoms in total. The van der Waals surface area contributed by atoms with E-state index in [1.807, 2.05) is 60.7 Å². The SMILES string of the molecule is N#Cc1nncn1CC(=O)Nc1ccccc1-c1ccccc1. The van der Waals surface area contributed by atoms with Crippen molar-refractivity contribution in [2.45, 2.75) is 6.54 Å². The van der Waals surface area contributed by atoms with E-state index in [1.165, 1.54) is 10.9 Å². The van der Waals surface area contributed by atoms with E-state index in [4.69, 9.17) is 5.26 Å². The highest BCUT2D eigenvalue weighted by molar-refractivity contribution is 5.95. The zero-order valence-corrected chi connectivity index (χ0v) is 12.2. The van der Waals surface area contributed by atoms with E-state index in [0.29, 0.717) is 0 Å².